The van der Waals surface area contributed by atoms with Crippen molar-refractivity contribution in [2.45, 2.75) is 19.1 Å². The topological polar surface area (TPSA) is 89.3 Å². The molecule has 0 heterocycles. The van der Waals surface area contributed by atoms with E-state index in [4.69, 9.17) is 0 Å². The lowest BCUT2D eigenvalue weighted by molar-refractivity contribution is -0.384. The predicted molar refractivity (Wildman–Crippen MR) is 85.2 cm³/mol. The maximum absolute atomic E-state index is 12.1. The van der Waals surface area contributed by atoms with E-state index >= 15 is 0 Å². The van der Waals surface area contributed by atoms with Crippen LogP contribution in [0.15, 0.2) is 48.5 Å². The molecule has 116 valence electrons. The van der Waals surface area contributed by atoms with Crippen LogP contribution in [0.1, 0.15) is 18.1 Å². The van der Waals surface area contributed by atoms with Crippen LogP contribution in [0, 0.1) is 10.1 Å². The molecule has 2 aromatic carbocycles. The number of hydrogen-bond donors (Lipinski definition) is 1. The van der Waals surface area contributed by atoms with Crippen LogP contribution in [0.3, 0.4) is 0 Å². The molecular formula is C15H16N2O4S. The molecule has 1 N–H and O–H groups in total. The molecule has 0 atom stereocenters. The number of benzene rings is 2. The van der Waals surface area contributed by atoms with Crippen molar-refractivity contribution in [3.05, 3.63) is 69.8 Å². The maximum atomic E-state index is 12.1. The zero-order chi connectivity index (χ0) is 16.2. The molecule has 2 aromatic rings. The third-order valence-corrected chi connectivity index (χ3v) is 4.37. The first kappa shape index (κ1) is 16.0. The van der Waals surface area contributed by atoms with Crippen molar-refractivity contribution in [3.8, 4) is 0 Å². The highest BCUT2D eigenvalue weighted by molar-refractivity contribution is 7.91. The highest BCUT2D eigenvalue weighted by Crippen LogP contribution is 2.17. The van der Waals surface area contributed by atoms with Crippen LogP contribution < -0.4 is 4.72 Å². The van der Waals surface area contributed by atoms with Crippen molar-refractivity contribution in [1.29, 1.82) is 0 Å². The van der Waals surface area contributed by atoms with E-state index < -0.39 is 14.9 Å². The van der Waals surface area contributed by atoms with Crippen LogP contribution >= 0.6 is 0 Å². The van der Waals surface area contributed by atoms with Gasteiger partial charge in [0.2, 0.25) is 10.0 Å². The van der Waals surface area contributed by atoms with Crippen LogP contribution in [0.4, 0.5) is 11.4 Å². The van der Waals surface area contributed by atoms with Gasteiger partial charge >= 0.3 is 0 Å². The molecule has 22 heavy (non-hydrogen) atoms. The van der Waals surface area contributed by atoms with Gasteiger partial charge in [0, 0.05) is 17.8 Å². The highest BCUT2D eigenvalue weighted by Gasteiger charge is 2.14. The fourth-order valence-corrected chi connectivity index (χ4v) is 3.19. The Hall–Kier alpha value is -2.41. The van der Waals surface area contributed by atoms with Crippen molar-refractivity contribution in [2.75, 3.05) is 4.72 Å². The average molecular weight is 320 g/mol. The number of non-ortho nitro benzene ring substituents is 1. The van der Waals surface area contributed by atoms with Crippen molar-refractivity contribution in [1.82, 2.24) is 0 Å². The van der Waals surface area contributed by atoms with E-state index in [2.05, 4.69) is 4.72 Å². The van der Waals surface area contributed by atoms with Crippen molar-refractivity contribution < 1.29 is 13.3 Å². The van der Waals surface area contributed by atoms with Gasteiger partial charge < -0.3 is 0 Å². The van der Waals surface area contributed by atoms with Crippen LogP contribution in [0.5, 0.6) is 0 Å². The van der Waals surface area contributed by atoms with E-state index in [1.54, 1.807) is 18.2 Å². The molecule has 2 rings (SSSR count). The first-order chi connectivity index (χ1) is 10.4. The number of nitrogens with zero attached hydrogens (tertiary/aromatic N) is 1. The normalized spacial score (nSPS) is 11.1. The molecule has 0 amide bonds. The summed E-state index contributed by atoms with van der Waals surface area (Å²) in [6.07, 6.45) is 0.876. The van der Waals surface area contributed by atoms with Crippen LogP contribution in [-0.2, 0) is 22.2 Å². The Kier molecular flexibility index (Phi) is 4.77. The summed E-state index contributed by atoms with van der Waals surface area (Å²) in [5.74, 6) is -0.315. The van der Waals surface area contributed by atoms with Crippen LogP contribution in [-0.4, -0.2) is 13.3 Å². The lowest BCUT2D eigenvalue weighted by Crippen LogP contribution is -2.15. The summed E-state index contributed by atoms with van der Waals surface area (Å²) in [5, 5.41) is 10.7. The quantitative estimate of drug-likeness (QED) is 0.654. The van der Waals surface area contributed by atoms with Gasteiger partial charge in [-0.2, -0.15) is 0 Å². The fourth-order valence-electron chi connectivity index (χ4n) is 2.00. The van der Waals surface area contributed by atoms with E-state index in [1.165, 1.54) is 18.2 Å². The Balaban J connectivity index is 2.13. The molecule has 0 aliphatic heterocycles. The Morgan fingerprint density at radius 1 is 1.09 bits per heavy atom. The summed E-state index contributed by atoms with van der Waals surface area (Å²) in [4.78, 5) is 10.2. The molecule has 0 bridgehead atoms. The zero-order valence-electron chi connectivity index (χ0n) is 12.0. The second kappa shape index (κ2) is 6.57. The van der Waals surface area contributed by atoms with Gasteiger partial charge in [0.25, 0.3) is 5.69 Å². The minimum atomic E-state index is -3.62. The standard InChI is InChI=1S/C15H16N2O4S/c1-2-12-6-8-14(9-7-12)16-22(20,21)11-13-4-3-5-15(10-13)17(18)19/h3-10,16H,2,11H2,1H3. The van der Waals surface area contributed by atoms with Gasteiger partial charge in [0.1, 0.15) is 0 Å². The number of nitro groups is 1. The van der Waals surface area contributed by atoms with Gasteiger partial charge in [-0.05, 0) is 29.7 Å². The first-order valence-corrected chi connectivity index (χ1v) is 8.37. The zero-order valence-corrected chi connectivity index (χ0v) is 12.8. The third kappa shape index (κ3) is 4.29. The molecule has 0 aromatic heterocycles. The summed E-state index contributed by atoms with van der Waals surface area (Å²) in [5.41, 5.74) is 1.83. The molecule has 0 spiro atoms. The molecule has 0 saturated heterocycles. The summed E-state index contributed by atoms with van der Waals surface area (Å²) < 4.78 is 26.7. The Morgan fingerprint density at radius 2 is 1.77 bits per heavy atom. The summed E-state index contributed by atoms with van der Waals surface area (Å²) >= 11 is 0. The van der Waals surface area contributed by atoms with E-state index in [9.17, 15) is 18.5 Å². The predicted octanol–water partition coefficient (Wildman–Crippen LogP) is 3.10. The summed E-state index contributed by atoms with van der Waals surface area (Å²) in [6, 6.07) is 12.7. The van der Waals surface area contributed by atoms with Crippen molar-refractivity contribution in [2.24, 2.45) is 0 Å². The number of anilines is 1. The lowest BCUT2D eigenvalue weighted by Gasteiger charge is -2.08. The van der Waals surface area contributed by atoms with Crippen LogP contribution in [0.25, 0.3) is 0 Å². The van der Waals surface area contributed by atoms with Gasteiger partial charge in [-0.25, -0.2) is 8.42 Å². The SMILES string of the molecule is CCc1ccc(NS(=O)(=O)Cc2cccc([N+](=O)[O-])c2)cc1. The third-order valence-electron chi connectivity index (χ3n) is 3.11. The lowest BCUT2D eigenvalue weighted by atomic mass is 10.2. The Morgan fingerprint density at radius 3 is 2.36 bits per heavy atom. The van der Waals surface area contributed by atoms with Crippen molar-refractivity contribution in [3.63, 3.8) is 0 Å². The molecule has 0 aliphatic rings. The largest absolute Gasteiger partial charge is 0.283 e. The second-order valence-electron chi connectivity index (χ2n) is 4.84. The first-order valence-electron chi connectivity index (χ1n) is 6.72. The van der Waals surface area contributed by atoms with E-state index in [1.807, 2.05) is 19.1 Å². The molecule has 0 aliphatic carbocycles. The number of nitrogens with one attached hydrogen (secondary N) is 1. The molecular weight excluding hydrogens is 304 g/mol. The molecule has 0 unspecified atom stereocenters. The number of rotatable bonds is 6. The van der Waals surface area contributed by atoms with Gasteiger partial charge in [-0.1, -0.05) is 31.2 Å². The van der Waals surface area contributed by atoms with E-state index in [0.717, 1.165) is 12.0 Å². The smallest absolute Gasteiger partial charge is 0.269 e. The second-order valence-corrected chi connectivity index (χ2v) is 6.56. The number of sulfonamides is 1. The maximum Gasteiger partial charge on any atom is 0.269 e. The number of nitro benzene ring substituents is 1. The van der Waals surface area contributed by atoms with Gasteiger partial charge in [-0.15, -0.1) is 0 Å². The summed E-state index contributed by atoms with van der Waals surface area (Å²) in [6.45, 7) is 2.02. The minimum Gasteiger partial charge on any atom is -0.283 e. The monoisotopic (exact) mass is 320 g/mol. The van der Waals surface area contributed by atoms with E-state index in [-0.39, 0.29) is 11.4 Å². The highest BCUT2D eigenvalue weighted by atomic mass is 32.2. The van der Waals surface area contributed by atoms with Gasteiger partial charge in [0.15, 0.2) is 0 Å². The van der Waals surface area contributed by atoms with E-state index in [0.29, 0.717) is 11.3 Å². The fraction of sp³-hybridized carbons (Fsp3) is 0.200. The van der Waals surface area contributed by atoms with Crippen LogP contribution in [0.2, 0.25) is 0 Å². The van der Waals surface area contributed by atoms with Crippen molar-refractivity contribution >= 4 is 21.4 Å². The van der Waals surface area contributed by atoms with Gasteiger partial charge in [0.05, 0.1) is 10.7 Å². The van der Waals surface area contributed by atoms with Gasteiger partial charge in [-0.3, -0.25) is 14.8 Å². The molecule has 0 fully saturated rings. The Bertz CT molecular complexity index is 770. The molecule has 0 radical (unpaired) electrons. The number of hydrogen-bond acceptors (Lipinski definition) is 4. The molecule has 7 heteroatoms. The number of aryl methyl sites for hydroxylation is 1. The molecule has 6 nitrogen and oxygen atoms in total. The Labute approximate surface area is 129 Å². The minimum absolute atomic E-state index is 0.125. The average Bonchev–Trinajstić information content (AvgIpc) is 2.47. The summed E-state index contributed by atoms with van der Waals surface area (Å²) in [7, 11) is -3.62. The molecule has 0 saturated carbocycles.